The molecule has 2 aromatic rings. The van der Waals surface area contributed by atoms with Gasteiger partial charge >= 0.3 is 12.4 Å². The Bertz CT molecular complexity index is 1050. The molecule has 3 N–H and O–H groups in total. The number of carbonyl (C=O) groups is 2. The highest BCUT2D eigenvalue weighted by atomic mass is 19.4. The zero-order chi connectivity index (χ0) is 23.8. The highest BCUT2D eigenvalue weighted by Crippen LogP contribution is 2.33. The van der Waals surface area contributed by atoms with Gasteiger partial charge in [0.2, 0.25) is 5.91 Å². The molecule has 1 atom stereocenters. The van der Waals surface area contributed by atoms with Gasteiger partial charge in [0.15, 0.2) is 17.4 Å². The van der Waals surface area contributed by atoms with Gasteiger partial charge in [0.25, 0.3) is 0 Å². The van der Waals surface area contributed by atoms with E-state index in [9.17, 15) is 32.3 Å². The van der Waals surface area contributed by atoms with E-state index in [-0.39, 0.29) is 17.9 Å². The van der Waals surface area contributed by atoms with Crippen molar-refractivity contribution in [2.45, 2.75) is 38.8 Å². The van der Waals surface area contributed by atoms with Crippen LogP contribution in [0.4, 0.5) is 33.9 Å². The van der Waals surface area contributed by atoms with Crippen LogP contribution >= 0.6 is 0 Å². The minimum absolute atomic E-state index is 0.0172. The Hall–Kier alpha value is -3.41. The van der Waals surface area contributed by atoms with Gasteiger partial charge in [-0.25, -0.2) is 14.2 Å². The van der Waals surface area contributed by atoms with Crippen LogP contribution in [0.15, 0.2) is 30.5 Å². The number of fused-ring (bicyclic) bond motifs is 1. The molecular weight excluding hydrogens is 436 g/mol. The minimum atomic E-state index is -5.08. The standard InChI is InChI=1S/C20H20F4N4O4/c1-10-6-13-17(25-8-10)28(9-15(29)26-13)18(30)27-16(19(2,3)31)11-4-5-14(12(21)7-11)32-20(22,23)24/h4-8,16,31H,9H2,1-3H3,(H,26,29)(H,27,30). The molecule has 0 fully saturated rings. The summed E-state index contributed by atoms with van der Waals surface area (Å²) in [5.74, 6) is -2.69. The number of nitrogens with zero attached hydrogens (tertiary/aromatic N) is 2. The van der Waals surface area contributed by atoms with E-state index in [1.807, 2.05) is 0 Å². The summed E-state index contributed by atoms with van der Waals surface area (Å²) in [6, 6.07) is 2.12. The number of anilines is 2. The summed E-state index contributed by atoms with van der Waals surface area (Å²) < 4.78 is 55.0. The number of ether oxygens (including phenoxy) is 1. The number of aryl methyl sites for hydroxylation is 1. The Kier molecular flexibility index (Phi) is 6.00. The van der Waals surface area contributed by atoms with E-state index in [0.717, 1.165) is 28.7 Å². The topological polar surface area (TPSA) is 104 Å². The normalized spacial score (nSPS) is 15.0. The van der Waals surface area contributed by atoms with Gasteiger partial charge in [0.1, 0.15) is 6.54 Å². The van der Waals surface area contributed by atoms with Crippen molar-refractivity contribution in [1.29, 1.82) is 0 Å². The highest BCUT2D eigenvalue weighted by Gasteiger charge is 2.36. The summed E-state index contributed by atoms with van der Waals surface area (Å²) >= 11 is 0. The number of halogens is 4. The van der Waals surface area contributed by atoms with Crippen LogP contribution in [-0.2, 0) is 4.79 Å². The number of urea groups is 1. The number of hydrogen-bond acceptors (Lipinski definition) is 5. The third-order valence-corrected chi connectivity index (χ3v) is 4.57. The van der Waals surface area contributed by atoms with E-state index in [1.54, 1.807) is 13.0 Å². The van der Waals surface area contributed by atoms with E-state index in [0.29, 0.717) is 5.69 Å². The van der Waals surface area contributed by atoms with Crippen LogP contribution in [0.1, 0.15) is 31.0 Å². The molecule has 1 aliphatic heterocycles. The second-order valence-corrected chi connectivity index (χ2v) is 7.79. The lowest BCUT2D eigenvalue weighted by atomic mass is 9.91. The molecule has 172 valence electrons. The molecule has 1 aliphatic rings. The fraction of sp³-hybridized carbons (Fsp3) is 0.350. The Labute approximate surface area is 180 Å². The maximum atomic E-state index is 14.2. The first-order valence-corrected chi connectivity index (χ1v) is 9.36. The molecule has 1 unspecified atom stereocenters. The predicted octanol–water partition coefficient (Wildman–Crippen LogP) is 3.41. The largest absolute Gasteiger partial charge is 0.573 e. The maximum absolute atomic E-state index is 14.2. The first-order chi connectivity index (χ1) is 14.7. The number of rotatable bonds is 4. The van der Waals surface area contributed by atoms with E-state index < -0.39 is 41.5 Å². The molecule has 3 rings (SSSR count). The summed E-state index contributed by atoms with van der Waals surface area (Å²) in [5, 5.41) is 15.7. The van der Waals surface area contributed by atoms with Crippen molar-refractivity contribution >= 4 is 23.4 Å². The van der Waals surface area contributed by atoms with Crippen molar-refractivity contribution in [2.24, 2.45) is 0 Å². The van der Waals surface area contributed by atoms with Crippen molar-refractivity contribution in [2.75, 3.05) is 16.8 Å². The first kappa shape index (κ1) is 23.3. The molecule has 0 spiro atoms. The number of amides is 3. The molecule has 3 amide bonds. The molecule has 0 saturated heterocycles. The quantitative estimate of drug-likeness (QED) is 0.612. The summed E-state index contributed by atoms with van der Waals surface area (Å²) in [5.41, 5.74) is -0.611. The molecule has 1 aromatic heterocycles. The van der Waals surface area contributed by atoms with Gasteiger partial charge in [-0.1, -0.05) is 6.07 Å². The summed E-state index contributed by atoms with van der Waals surface area (Å²) in [6.07, 6.45) is -3.58. The average molecular weight is 456 g/mol. The molecule has 0 radical (unpaired) electrons. The first-order valence-electron chi connectivity index (χ1n) is 9.36. The van der Waals surface area contributed by atoms with Crippen molar-refractivity contribution < 1.29 is 37.0 Å². The lowest BCUT2D eigenvalue weighted by molar-refractivity contribution is -0.275. The fourth-order valence-electron chi connectivity index (χ4n) is 3.22. The molecule has 2 heterocycles. The second kappa shape index (κ2) is 8.26. The van der Waals surface area contributed by atoms with Crippen molar-refractivity contribution in [3.63, 3.8) is 0 Å². The molecule has 8 nitrogen and oxygen atoms in total. The lowest BCUT2D eigenvalue weighted by Crippen LogP contribution is -2.51. The van der Waals surface area contributed by atoms with Gasteiger partial charge in [-0.2, -0.15) is 0 Å². The number of aliphatic hydroxyl groups is 1. The Morgan fingerprint density at radius 3 is 2.59 bits per heavy atom. The van der Waals surface area contributed by atoms with Crippen LogP contribution in [0, 0.1) is 12.7 Å². The summed E-state index contributed by atoms with van der Waals surface area (Å²) in [7, 11) is 0. The summed E-state index contributed by atoms with van der Waals surface area (Å²) in [6.45, 7) is 4.05. The SMILES string of the molecule is Cc1cnc2c(c1)NC(=O)CN2C(=O)NC(c1ccc(OC(F)(F)F)c(F)c1)C(C)(C)O. The van der Waals surface area contributed by atoms with Crippen molar-refractivity contribution in [1.82, 2.24) is 10.3 Å². The number of nitrogens with one attached hydrogen (secondary N) is 2. The molecular formula is C20H20F4N4O4. The van der Waals surface area contributed by atoms with Crippen molar-refractivity contribution in [3.8, 4) is 5.75 Å². The third kappa shape index (κ3) is 5.25. The number of carbonyl (C=O) groups excluding carboxylic acids is 2. The van der Waals surface area contributed by atoms with Crippen LogP contribution in [0.5, 0.6) is 5.75 Å². The van der Waals surface area contributed by atoms with Gasteiger partial charge in [-0.15, -0.1) is 13.2 Å². The van der Waals surface area contributed by atoms with E-state index in [1.165, 1.54) is 20.0 Å². The summed E-state index contributed by atoms with van der Waals surface area (Å²) in [4.78, 5) is 30.2. The van der Waals surface area contributed by atoms with Gasteiger partial charge in [0.05, 0.1) is 17.3 Å². The zero-order valence-electron chi connectivity index (χ0n) is 17.2. The number of alkyl halides is 3. The van der Waals surface area contributed by atoms with Crippen LogP contribution in [-0.4, -0.2) is 40.5 Å². The average Bonchev–Trinajstić information content (AvgIpc) is 2.64. The number of hydrogen-bond donors (Lipinski definition) is 3. The van der Waals surface area contributed by atoms with Crippen LogP contribution in [0.2, 0.25) is 0 Å². The second-order valence-electron chi connectivity index (χ2n) is 7.79. The zero-order valence-corrected chi connectivity index (χ0v) is 17.2. The molecule has 0 aliphatic carbocycles. The predicted molar refractivity (Wildman–Crippen MR) is 106 cm³/mol. The Balaban J connectivity index is 1.90. The number of aromatic nitrogens is 1. The van der Waals surface area contributed by atoms with Gasteiger partial charge in [-0.3, -0.25) is 9.69 Å². The van der Waals surface area contributed by atoms with E-state index in [4.69, 9.17) is 0 Å². The van der Waals surface area contributed by atoms with E-state index in [2.05, 4.69) is 20.4 Å². The Morgan fingerprint density at radius 2 is 2.00 bits per heavy atom. The van der Waals surface area contributed by atoms with Crippen LogP contribution < -0.4 is 20.3 Å². The smallest absolute Gasteiger partial charge is 0.403 e. The minimum Gasteiger partial charge on any atom is -0.403 e. The van der Waals surface area contributed by atoms with Gasteiger partial charge in [-0.05, 0) is 50.1 Å². The molecule has 1 aromatic carbocycles. The van der Waals surface area contributed by atoms with Gasteiger partial charge in [0, 0.05) is 6.20 Å². The molecule has 32 heavy (non-hydrogen) atoms. The monoisotopic (exact) mass is 456 g/mol. The third-order valence-electron chi connectivity index (χ3n) is 4.57. The molecule has 12 heteroatoms. The van der Waals surface area contributed by atoms with Crippen LogP contribution in [0.25, 0.3) is 0 Å². The molecule has 0 saturated carbocycles. The highest BCUT2D eigenvalue weighted by molar-refractivity contribution is 6.08. The Morgan fingerprint density at radius 1 is 1.31 bits per heavy atom. The lowest BCUT2D eigenvalue weighted by Gasteiger charge is -2.34. The van der Waals surface area contributed by atoms with Crippen LogP contribution in [0.3, 0.4) is 0 Å². The van der Waals surface area contributed by atoms with Crippen molar-refractivity contribution in [3.05, 3.63) is 47.4 Å². The van der Waals surface area contributed by atoms with Gasteiger partial charge < -0.3 is 20.5 Å². The molecule has 0 bridgehead atoms. The maximum Gasteiger partial charge on any atom is 0.573 e. The number of pyridine rings is 1. The number of benzene rings is 1. The van der Waals surface area contributed by atoms with E-state index >= 15 is 0 Å². The fourth-order valence-corrected chi connectivity index (χ4v) is 3.22.